The molecule has 0 spiro atoms. The normalized spacial score (nSPS) is 18.0. The summed E-state index contributed by atoms with van der Waals surface area (Å²) in [7, 11) is 0. The number of nitrogens with one attached hydrogen (secondary N) is 1. The molecule has 0 amide bonds. The highest BCUT2D eigenvalue weighted by molar-refractivity contribution is 5.50. The van der Waals surface area contributed by atoms with Crippen LogP contribution in [0.5, 0.6) is 0 Å². The molecule has 2 heterocycles. The van der Waals surface area contributed by atoms with Gasteiger partial charge in [0.1, 0.15) is 0 Å². The van der Waals surface area contributed by atoms with Gasteiger partial charge in [0.05, 0.1) is 30.8 Å². The van der Waals surface area contributed by atoms with Crippen molar-refractivity contribution in [3.8, 4) is 0 Å². The molecule has 0 radical (unpaired) electrons. The molecule has 1 aliphatic rings. The molecule has 1 saturated heterocycles. The SMILES string of the molecule is Nc1cncc(NN2CCOCC2)c1. The number of nitrogen functional groups attached to an aromatic ring is 1. The highest BCUT2D eigenvalue weighted by Gasteiger charge is 2.09. The van der Waals surface area contributed by atoms with Gasteiger partial charge in [-0.2, -0.15) is 0 Å². The van der Waals surface area contributed by atoms with E-state index in [-0.39, 0.29) is 0 Å². The highest BCUT2D eigenvalue weighted by atomic mass is 16.5. The van der Waals surface area contributed by atoms with Crippen molar-refractivity contribution in [1.29, 1.82) is 0 Å². The van der Waals surface area contributed by atoms with Crippen molar-refractivity contribution < 1.29 is 4.74 Å². The number of ether oxygens (including phenoxy) is 1. The Kier molecular flexibility index (Phi) is 2.81. The topological polar surface area (TPSA) is 63.4 Å². The van der Waals surface area contributed by atoms with Crippen LogP contribution >= 0.6 is 0 Å². The van der Waals surface area contributed by atoms with E-state index in [1.54, 1.807) is 12.4 Å². The highest BCUT2D eigenvalue weighted by Crippen LogP contribution is 2.10. The number of nitrogens with zero attached hydrogens (tertiary/aromatic N) is 2. The largest absolute Gasteiger partial charge is 0.397 e. The van der Waals surface area contributed by atoms with E-state index in [1.807, 2.05) is 6.07 Å². The summed E-state index contributed by atoms with van der Waals surface area (Å²) in [6.07, 6.45) is 3.39. The molecule has 1 aromatic heterocycles. The number of pyridine rings is 1. The predicted molar refractivity (Wildman–Crippen MR) is 54.7 cm³/mol. The third-order valence-electron chi connectivity index (χ3n) is 2.06. The van der Waals surface area contributed by atoms with Gasteiger partial charge in [0, 0.05) is 19.3 Å². The van der Waals surface area contributed by atoms with Crippen LogP contribution in [-0.2, 0) is 4.74 Å². The van der Waals surface area contributed by atoms with E-state index in [0.29, 0.717) is 5.69 Å². The average Bonchev–Trinajstić information content (AvgIpc) is 2.19. The van der Waals surface area contributed by atoms with Crippen LogP contribution in [0.25, 0.3) is 0 Å². The Morgan fingerprint density at radius 2 is 2.14 bits per heavy atom. The first-order valence-corrected chi connectivity index (χ1v) is 4.64. The van der Waals surface area contributed by atoms with Gasteiger partial charge in [-0.25, -0.2) is 5.01 Å². The van der Waals surface area contributed by atoms with Crippen molar-refractivity contribution in [1.82, 2.24) is 9.99 Å². The summed E-state index contributed by atoms with van der Waals surface area (Å²) in [6, 6.07) is 1.86. The molecule has 0 bridgehead atoms. The number of hydrogen-bond donors (Lipinski definition) is 2. The Morgan fingerprint density at radius 1 is 1.36 bits per heavy atom. The lowest BCUT2D eigenvalue weighted by atomic mass is 10.4. The van der Waals surface area contributed by atoms with Gasteiger partial charge in [-0.1, -0.05) is 0 Å². The van der Waals surface area contributed by atoms with Gasteiger partial charge in [-0.05, 0) is 6.07 Å². The Hall–Kier alpha value is -1.33. The number of nitrogens with two attached hydrogens (primary N) is 1. The number of morpholine rings is 1. The molecular weight excluding hydrogens is 180 g/mol. The Labute approximate surface area is 82.8 Å². The van der Waals surface area contributed by atoms with Gasteiger partial charge in [-0.15, -0.1) is 0 Å². The van der Waals surface area contributed by atoms with E-state index in [9.17, 15) is 0 Å². The molecule has 0 saturated carbocycles. The van der Waals surface area contributed by atoms with Crippen LogP contribution < -0.4 is 11.2 Å². The zero-order valence-corrected chi connectivity index (χ0v) is 7.94. The second-order valence-corrected chi connectivity index (χ2v) is 3.22. The van der Waals surface area contributed by atoms with Crippen LogP contribution in [0.15, 0.2) is 18.5 Å². The first-order chi connectivity index (χ1) is 6.84. The standard InChI is InChI=1S/C9H14N4O/c10-8-5-9(7-11-6-8)12-13-1-3-14-4-2-13/h5-7,12H,1-4,10H2. The van der Waals surface area contributed by atoms with Gasteiger partial charge in [0.2, 0.25) is 0 Å². The minimum absolute atomic E-state index is 0.670. The third kappa shape index (κ3) is 2.34. The smallest absolute Gasteiger partial charge is 0.0694 e. The van der Waals surface area contributed by atoms with Crippen LogP contribution in [0.3, 0.4) is 0 Å². The molecule has 14 heavy (non-hydrogen) atoms. The zero-order valence-electron chi connectivity index (χ0n) is 7.94. The fraction of sp³-hybridized carbons (Fsp3) is 0.444. The maximum atomic E-state index is 5.62. The average molecular weight is 194 g/mol. The maximum absolute atomic E-state index is 5.62. The second kappa shape index (κ2) is 4.26. The number of anilines is 2. The van der Waals surface area contributed by atoms with Crippen molar-refractivity contribution in [2.24, 2.45) is 0 Å². The number of hydrogen-bond acceptors (Lipinski definition) is 5. The molecule has 5 heteroatoms. The van der Waals surface area contributed by atoms with Crippen molar-refractivity contribution in [3.05, 3.63) is 18.5 Å². The van der Waals surface area contributed by atoms with E-state index in [1.165, 1.54) is 0 Å². The van der Waals surface area contributed by atoms with E-state index >= 15 is 0 Å². The predicted octanol–water partition coefficient (Wildman–Crippen LogP) is 0.323. The summed E-state index contributed by atoms with van der Waals surface area (Å²) in [4.78, 5) is 4.00. The zero-order chi connectivity index (χ0) is 9.80. The van der Waals surface area contributed by atoms with E-state index in [4.69, 9.17) is 10.5 Å². The number of hydrazine groups is 1. The molecule has 1 aromatic rings. The van der Waals surface area contributed by atoms with Crippen molar-refractivity contribution in [2.75, 3.05) is 37.5 Å². The van der Waals surface area contributed by atoms with Crippen LogP contribution in [0.1, 0.15) is 0 Å². The summed E-state index contributed by atoms with van der Waals surface area (Å²) < 4.78 is 5.24. The van der Waals surface area contributed by atoms with E-state index in [0.717, 1.165) is 32.0 Å². The minimum Gasteiger partial charge on any atom is -0.397 e. The van der Waals surface area contributed by atoms with Crippen LogP contribution in [0, 0.1) is 0 Å². The van der Waals surface area contributed by atoms with E-state index in [2.05, 4.69) is 15.4 Å². The Balaban J connectivity index is 1.95. The fourth-order valence-electron chi connectivity index (χ4n) is 1.38. The van der Waals surface area contributed by atoms with E-state index < -0.39 is 0 Å². The first kappa shape index (κ1) is 9.23. The van der Waals surface area contributed by atoms with Crippen LogP contribution in [-0.4, -0.2) is 36.3 Å². The summed E-state index contributed by atoms with van der Waals surface area (Å²) >= 11 is 0. The lowest BCUT2D eigenvalue weighted by Crippen LogP contribution is -2.40. The van der Waals surface area contributed by atoms with Gasteiger partial charge in [0.15, 0.2) is 0 Å². The summed E-state index contributed by atoms with van der Waals surface area (Å²) in [5.74, 6) is 0. The molecule has 0 aromatic carbocycles. The molecule has 0 aliphatic carbocycles. The molecule has 0 unspecified atom stereocenters. The van der Waals surface area contributed by atoms with Gasteiger partial charge < -0.3 is 15.9 Å². The molecule has 3 N–H and O–H groups in total. The number of rotatable bonds is 2. The minimum atomic E-state index is 0.670. The summed E-state index contributed by atoms with van der Waals surface area (Å²) in [5.41, 5.74) is 10.4. The Morgan fingerprint density at radius 3 is 2.86 bits per heavy atom. The monoisotopic (exact) mass is 194 g/mol. The first-order valence-electron chi connectivity index (χ1n) is 4.64. The second-order valence-electron chi connectivity index (χ2n) is 3.22. The van der Waals surface area contributed by atoms with Crippen molar-refractivity contribution >= 4 is 11.4 Å². The molecule has 5 nitrogen and oxygen atoms in total. The molecule has 1 aliphatic heterocycles. The lowest BCUT2D eigenvalue weighted by Gasteiger charge is -2.27. The quantitative estimate of drug-likeness (QED) is 0.710. The summed E-state index contributed by atoms with van der Waals surface area (Å²) in [5, 5.41) is 2.10. The van der Waals surface area contributed by atoms with Crippen LogP contribution in [0.2, 0.25) is 0 Å². The fourth-order valence-corrected chi connectivity index (χ4v) is 1.38. The van der Waals surface area contributed by atoms with Gasteiger partial charge in [-0.3, -0.25) is 4.98 Å². The summed E-state index contributed by atoms with van der Waals surface area (Å²) in [6.45, 7) is 3.30. The van der Waals surface area contributed by atoms with Crippen molar-refractivity contribution in [3.63, 3.8) is 0 Å². The van der Waals surface area contributed by atoms with Crippen molar-refractivity contribution in [2.45, 2.75) is 0 Å². The van der Waals surface area contributed by atoms with Gasteiger partial charge in [0.25, 0.3) is 0 Å². The Bertz CT molecular complexity index is 299. The third-order valence-corrected chi connectivity index (χ3v) is 2.06. The van der Waals surface area contributed by atoms with Gasteiger partial charge >= 0.3 is 0 Å². The molecule has 76 valence electrons. The maximum Gasteiger partial charge on any atom is 0.0694 e. The molecular formula is C9H14N4O. The molecule has 0 atom stereocenters. The lowest BCUT2D eigenvalue weighted by molar-refractivity contribution is 0.0497. The molecule has 1 fully saturated rings. The molecule has 2 rings (SSSR count). The van der Waals surface area contributed by atoms with Crippen LogP contribution in [0.4, 0.5) is 11.4 Å². The number of aromatic nitrogens is 1.